The fourth-order valence-electron chi connectivity index (χ4n) is 1.54. The first-order valence-corrected chi connectivity index (χ1v) is 5.97. The van der Waals surface area contributed by atoms with E-state index in [1.807, 2.05) is 6.92 Å². The number of nitrogen functional groups attached to an aromatic ring is 1. The summed E-state index contributed by atoms with van der Waals surface area (Å²) in [5, 5.41) is 8.97. The maximum absolute atomic E-state index is 8.97. The number of anilines is 1. The Labute approximate surface area is 111 Å². The van der Waals surface area contributed by atoms with Gasteiger partial charge in [0.1, 0.15) is 17.4 Å². The van der Waals surface area contributed by atoms with Gasteiger partial charge in [0.15, 0.2) is 0 Å². The van der Waals surface area contributed by atoms with Crippen LogP contribution in [0.2, 0.25) is 0 Å². The number of hydrazine groups is 1. The van der Waals surface area contributed by atoms with E-state index in [-0.39, 0.29) is 6.61 Å². The lowest BCUT2D eigenvalue weighted by Crippen LogP contribution is -2.10. The standard InChI is InChI=1S/C13H16N4O2/c1-2-11-15-12(17-14)7-13(16-11)19-10-5-3-9(8-18)4-6-10/h3-7,18H,2,8,14H2,1H3,(H,15,16,17). The van der Waals surface area contributed by atoms with Crippen LogP contribution in [0, 0.1) is 0 Å². The van der Waals surface area contributed by atoms with E-state index < -0.39 is 0 Å². The molecule has 0 unspecified atom stereocenters. The highest BCUT2D eigenvalue weighted by Gasteiger charge is 2.05. The van der Waals surface area contributed by atoms with E-state index in [0.29, 0.717) is 29.7 Å². The van der Waals surface area contributed by atoms with Crippen LogP contribution in [0.3, 0.4) is 0 Å². The van der Waals surface area contributed by atoms with Gasteiger partial charge in [0, 0.05) is 12.5 Å². The van der Waals surface area contributed by atoms with E-state index in [0.717, 1.165) is 5.56 Å². The number of aliphatic hydroxyl groups is 1. The Kier molecular flexibility index (Phi) is 4.27. The van der Waals surface area contributed by atoms with Gasteiger partial charge in [0.05, 0.1) is 6.61 Å². The predicted molar refractivity (Wildman–Crippen MR) is 71.7 cm³/mol. The van der Waals surface area contributed by atoms with Crippen molar-refractivity contribution < 1.29 is 9.84 Å². The number of aliphatic hydroxyl groups excluding tert-OH is 1. The highest BCUT2D eigenvalue weighted by atomic mass is 16.5. The maximum atomic E-state index is 8.97. The van der Waals surface area contributed by atoms with Gasteiger partial charge in [-0.3, -0.25) is 0 Å². The zero-order chi connectivity index (χ0) is 13.7. The molecule has 0 spiro atoms. The minimum atomic E-state index is 0.00894. The molecule has 0 saturated carbocycles. The van der Waals surface area contributed by atoms with Gasteiger partial charge in [-0.15, -0.1) is 0 Å². The number of nitrogens with one attached hydrogen (secondary N) is 1. The van der Waals surface area contributed by atoms with E-state index in [9.17, 15) is 0 Å². The first-order valence-electron chi connectivity index (χ1n) is 5.97. The molecule has 19 heavy (non-hydrogen) atoms. The molecule has 0 radical (unpaired) electrons. The van der Waals surface area contributed by atoms with E-state index in [1.54, 1.807) is 30.3 Å². The molecule has 0 saturated heterocycles. The third-order valence-electron chi connectivity index (χ3n) is 2.54. The SMILES string of the molecule is CCc1nc(NN)cc(Oc2ccc(CO)cc2)n1. The number of nitrogens with zero attached hydrogens (tertiary/aromatic N) is 2. The molecule has 1 aromatic carbocycles. The van der Waals surface area contributed by atoms with E-state index in [4.69, 9.17) is 15.7 Å². The molecule has 2 aromatic rings. The number of ether oxygens (including phenoxy) is 1. The number of hydrogen-bond acceptors (Lipinski definition) is 6. The molecule has 0 amide bonds. The molecule has 6 nitrogen and oxygen atoms in total. The first kappa shape index (κ1) is 13.3. The Morgan fingerprint density at radius 3 is 2.58 bits per heavy atom. The third kappa shape index (κ3) is 3.40. The van der Waals surface area contributed by atoms with Crippen LogP contribution in [0.4, 0.5) is 5.82 Å². The number of rotatable bonds is 5. The molecule has 0 atom stereocenters. The molecule has 6 heteroatoms. The number of aryl methyl sites for hydroxylation is 1. The fraction of sp³-hybridized carbons (Fsp3) is 0.231. The summed E-state index contributed by atoms with van der Waals surface area (Å²) in [5.74, 6) is 7.58. The van der Waals surface area contributed by atoms with Gasteiger partial charge in [-0.1, -0.05) is 19.1 Å². The fourth-order valence-corrected chi connectivity index (χ4v) is 1.54. The molecule has 2 rings (SSSR count). The Hall–Kier alpha value is -2.18. The lowest BCUT2D eigenvalue weighted by atomic mass is 10.2. The van der Waals surface area contributed by atoms with Crippen LogP contribution < -0.4 is 16.0 Å². The van der Waals surface area contributed by atoms with Crippen LogP contribution in [0.1, 0.15) is 18.3 Å². The number of nitrogens with two attached hydrogens (primary N) is 1. The quantitative estimate of drug-likeness (QED) is 0.558. The second kappa shape index (κ2) is 6.12. The Morgan fingerprint density at radius 1 is 1.26 bits per heavy atom. The highest BCUT2D eigenvalue weighted by Crippen LogP contribution is 2.22. The van der Waals surface area contributed by atoms with Gasteiger partial charge in [-0.25, -0.2) is 10.8 Å². The van der Waals surface area contributed by atoms with Crippen molar-refractivity contribution in [1.29, 1.82) is 0 Å². The van der Waals surface area contributed by atoms with E-state index >= 15 is 0 Å². The minimum Gasteiger partial charge on any atom is -0.439 e. The smallest absolute Gasteiger partial charge is 0.224 e. The Morgan fingerprint density at radius 2 is 2.00 bits per heavy atom. The molecule has 4 N–H and O–H groups in total. The summed E-state index contributed by atoms with van der Waals surface area (Å²) in [6.07, 6.45) is 0.690. The summed E-state index contributed by atoms with van der Waals surface area (Å²) in [7, 11) is 0. The lowest BCUT2D eigenvalue weighted by Gasteiger charge is -2.08. The molecule has 1 aromatic heterocycles. The average Bonchev–Trinajstić information content (AvgIpc) is 2.47. The summed E-state index contributed by atoms with van der Waals surface area (Å²) in [4.78, 5) is 8.44. The van der Waals surface area contributed by atoms with Crippen LogP contribution >= 0.6 is 0 Å². The number of hydrogen-bond donors (Lipinski definition) is 3. The molecule has 100 valence electrons. The molecule has 0 aliphatic rings. The molecule has 0 aliphatic heterocycles. The Balaban J connectivity index is 2.21. The zero-order valence-electron chi connectivity index (χ0n) is 10.6. The van der Waals surface area contributed by atoms with Crippen molar-refractivity contribution in [2.45, 2.75) is 20.0 Å². The molecule has 1 heterocycles. The first-order chi connectivity index (χ1) is 9.25. The maximum Gasteiger partial charge on any atom is 0.224 e. The van der Waals surface area contributed by atoms with Crippen molar-refractivity contribution in [2.24, 2.45) is 5.84 Å². The number of aromatic nitrogens is 2. The monoisotopic (exact) mass is 260 g/mol. The van der Waals surface area contributed by atoms with Crippen molar-refractivity contribution in [3.8, 4) is 11.6 Å². The molecule has 0 aliphatic carbocycles. The largest absolute Gasteiger partial charge is 0.439 e. The second-order valence-electron chi connectivity index (χ2n) is 3.91. The summed E-state index contributed by atoms with van der Waals surface area (Å²) < 4.78 is 5.63. The average molecular weight is 260 g/mol. The molecular weight excluding hydrogens is 244 g/mol. The van der Waals surface area contributed by atoms with E-state index in [1.165, 1.54) is 0 Å². The molecule has 0 bridgehead atoms. The predicted octanol–water partition coefficient (Wildman–Crippen LogP) is 1.61. The topological polar surface area (TPSA) is 93.3 Å². The van der Waals surface area contributed by atoms with Gasteiger partial charge in [0.25, 0.3) is 0 Å². The van der Waals surface area contributed by atoms with Crippen LogP contribution in [-0.4, -0.2) is 15.1 Å². The van der Waals surface area contributed by atoms with Crippen molar-refractivity contribution in [1.82, 2.24) is 9.97 Å². The summed E-state index contributed by atoms with van der Waals surface area (Å²) >= 11 is 0. The van der Waals surface area contributed by atoms with Crippen LogP contribution in [0.25, 0.3) is 0 Å². The van der Waals surface area contributed by atoms with Gasteiger partial charge in [-0.05, 0) is 17.7 Å². The van der Waals surface area contributed by atoms with Crippen LogP contribution in [0.15, 0.2) is 30.3 Å². The van der Waals surface area contributed by atoms with Crippen molar-refractivity contribution >= 4 is 5.82 Å². The van der Waals surface area contributed by atoms with Crippen molar-refractivity contribution in [3.63, 3.8) is 0 Å². The van der Waals surface area contributed by atoms with Crippen molar-refractivity contribution in [2.75, 3.05) is 5.43 Å². The third-order valence-corrected chi connectivity index (χ3v) is 2.54. The summed E-state index contributed by atoms with van der Waals surface area (Å²) in [6.45, 7) is 1.96. The summed E-state index contributed by atoms with van der Waals surface area (Å²) in [6, 6.07) is 8.75. The van der Waals surface area contributed by atoms with Gasteiger partial charge >= 0.3 is 0 Å². The second-order valence-corrected chi connectivity index (χ2v) is 3.91. The number of benzene rings is 1. The van der Waals surface area contributed by atoms with E-state index in [2.05, 4.69) is 15.4 Å². The lowest BCUT2D eigenvalue weighted by molar-refractivity contribution is 0.281. The minimum absolute atomic E-state index is 0.00894. The highest BCUT2D eigenvalue weighted by molar-refractivity contribution is 5.39. The van der Waals surface area contributed by atoms with Gasteiger partial charge < -0.3 is 15.3 Å². The van der Waals surface area contributed by atoms with Gasteiger partial charge in [-0.2, -0.15) is 4.98 Å². The van der Waals surface area contributed by atoms with Crippen molar-refractivity contribution in [3.05, 3.63) is 41.7 Å². The van der Waals surface area contributed by atoms with Crippen LogP contribution in [-0.2, 0) is 13.0 Å². The molecular formula is C13H16N4O2. The van der Waals surface area contributed by atoms with Crippen LogP contribution in [0.5, 0.6) is 11.6 Å². The normalized spacial score (nSPS) is 10.3. The van der Waals surface area contributed by atoms with Gasteiger partial charge in [0.2, 0.25) is 5.88 Å². The summed E-state index contributed by atoms with van der Waals surface area (Å²) in [5.41, 5.74) is 3.31. The Bertz CT molecular complexity index is 521. The zero-order valence-corrected chi connectivity index (χ0v) is 10.6. The molecule has 0 fully saturated rings.